The Bertz CT molecular complexity index is 462. The molecule has 0 bridgehead atoms. The Hall–Kier alpha value is -1.74. The summed E-state index contributed by atoms with van der Waals surface area (Å²) in [5.74, 6) is 0.963. The van der Waals surface area contributed by atoms with Gasteiger partial charge in [-0.2, -0.15) is 0 Å². The molecule has 0 saturated heterocycles. The molecule has 0 fully saturated rings. The van der Waals surface area contributed by atoms with Crippen LogP contribution in [-0.2, 0) is 6.54 Å². The predicted molar refractivity (Wildman–Crippen MR) is 77.3 cm³/mol. The highest BCUT2D eigenvalue weighted by Gasteiger charge is 2.08. The highest BCUT2D eigenvalue weighted by Crippen LogP contribution is 2.19. The van der Waals surface area contributed by atoms with E-state index in [1.54, 1.807) is 6.26 Å². The minimum absolute atomic E-state index is 0.252. The van der Waals surface area contributed by atoms with Crippen LogP contribution in [0.3, 0.4) is 0 Å². The average Bonchev–Trinajstić information content (AvgIpc) is 2.92. The van der Waals surface area contributed by atoms with Gasteiger partial charge in [0.15, 0.2) is 0 Å². The fourth-order valence-corrected chi connectivity index (χ4v) is 2.06. The smallest absolute Gasteiger partial charge is 0.123 e. The lowest BCUT2D eigenvalue weighted by Gasteiger charge is -2.24. The van der Waals surface area contributed by atoms with Crippen molar-refractivity contribution in [3.05, 3.63) is 54.0 Å². The van der Waals surface area contributed by atoms with Crippen LogP contribution in [0.2, 0.25) is 0 Å². The van der Waals surface area contributed by atoms with Crippen LogP contribution in [-0.4, -0.2) is 18.3 Å². The molecule has 2 aromatic rings. The monoisotopic (exact) mass is 259 g/mol. The zero-order chi connectivity index (χ0) is 13.5. The van der Waals surface area contributed by atoms with Crippen molar-refractivity contribution in [1.82, 2.24) is 0 Å². The van der Waals surface area contributed by atoms with Gasteiger partial charge >= 0.3 is 0 Å². The van der Waals surface area contributed by atoms with E-state index >= 15 is 0 Å². The van der Waals surface area contributed by atoms with Crippen LogP contribution in [0.5, 0.6) is 0 Å². The fourth-order valence-electron chi connectivity index (χ4n) is 2.06. The average molecular weight is 259 g/mol. The minimum Gasteiger partial charge on any atom is -0.467 e. The molecule has 19 heavy (non-hydrogen) atoms. The molecule has 0 aliphatic rings. The largest absolute Gasteiger partial charge is 0.467 e. The summed E-state index contributed by atoms with van der Waals surface area (Å²) in [6.45, 7) is 4.03. The van der Waals surface area contributed by atoms with E-state index in [1.807, 2.05) is 12.1 Å². The van der Waals surface area contributed by atoms with Crippen molar-refractivity contribution >= 4 is 5.69 Å². The van der Waals surface area contributed by atoms with Crippen LogP contribution in [0.1, 0.15) is 24.2 Å². The molecule has 0 unspecified atom stereocenters. The molecule has 0 amide bonds. The van der Waals surface area contributed by atoms with E-state index in [4.69, 9.17) is 9.52 Å². The number of unbranched alkanes of at least 4 members (excludes halogenated alkanes) is 1. The molecule has 0 spiro atoms. The highest BCUT2D eigenvalue weighted by atomic mass is 16.3. The van der Waals surface area contributed by atoms with Gasteiger partial charge in [0.05, 0.1) is 12.8 Å². The van der Waals surface area contributed by atoms with Crippen LogP contribution >= 0.6 is 0 Å². The molecule has 3 heteroatoms. The summed E-state index contributed by atoms with van der Waals surface area (Å²) < 4.78 is 5.42. The normalized spacial score (nSPS) is 10.6. The molecule has 0 aliphatic carbocycles. The maximum atomic E-state index is 8.91. The van der Waals surface area contributed by atoms with Crippen molar-refractivity contribution in [2.24, 2.45) is 0 Å². The number of hydrogen-bond acceptors (Lipinski definition) is 3. The van der Waals surface area contributed by atoms with Gasteiger partial charge in [0.2, 0.25) is 0 Å². The molecule has 3 nitrogen and oxygen atoms in total. The second-order valence-electron chi connectivity index (χ2n) is 4.77. The van der Waals surface area contributed by atoms with Gasteiger partial charge in [-0.05, 0) is 44.0 Å². The predicted octanol–water partition coefficient (Wildman–Crippen LogP) is 3.37. The summed E-state index contributed by atoms with van der Waals surface area (Å²) in [6, 6.07) is 12.4. The van der Waals surface area contributed by atoms with Gasteiger partial charge < -0.3 is 14.4 Å². The van der Waals surface area contributed by atoms with Gasteiger partial charge in [-0.25, -0.2) is 0 Å². The lowest BCUT2D eigenvalue weighted by atomic mass is 10.2. The summed E-state index contributed by atoms with van der Waals surface area (Å²) in [4.78, 5) is 2.29. The molecule has 0 radical (unpaired) electrons. The third kappa shape index (κ3) is 4.14. The van der Waals surface area contributed by atoms with Gasteiger partial charge in [0, 0.05) is 18.8 Å². The summed E-state index contributed by atoms with van der Waals surface area (Å²) in [6.07, 6.45) is 3.52. The maximum Gasteiger partial charge on any atom is 0.123 e. The van der Waals surface area contributed by atoms with Crippen molar-refractivity contribution in [1.29, 1.82) is 0 Å². The topological polar surface area (TPSA) is 36.6 Å². The van der Waals surface area contributed by atoms with E-state index in [9.17, 15) is 0 Å². The standard InChI is InChI=1S/C16H21NO2/c1-14-6-8-15(9-7-14)17(10-2-3-11-18)13-16-5-4-12-19-16/h4-9,12,18H,2-3,10-11,13H2,1H3. The van der Waals surface area contributed by atoms with Gasteiger partial charge in [0.25, 0.3) is 0 Å². The van der Waals surface area contributed by atoms with Crippen LogP contribution in [0, 0.1) is 6.92 Å². The number of nitrogens with zero attached hydrogens (tertiary/aromatic N) is 1. The fraction of sp³-hybridized carbons (Fsp3) is 0.375. The lowest BCUT2D eigenvalue weighted by Crippen LogP contribution is -2.23. The quantitative estimate of drug-likeness (QED) is 0.774. The van der Waals surface area contributed by atoms with E-state index in [1.165, 1.54) is 11.3 Å². The first-order chi connectivity index (χ1) is 9.29. The van der Waals surface area contributed by atoms with E-state index in [0.29, 0.717) is 0 Å². The maximum absolute atomic E-state index is 8.91. The molecule has 0 atom stereocenters. The number of anilines is 1. The van der Waals surface area contributed by atoms with Crippen molar-refractivity contribution in [3.63, 3.8) is 0 Å². The summed E-state index contributed by atoms with van der Waals surface area (Å²) in [7, 11) is 0. The van der Waals surface area contributed by atoms with Gasteiger partial charge in [0.1, 0.15) is 5.76 Å². The van der Waals surface area contributed by atoms with E-state index < -0.39 is 0 Å². The Morgan fingerprint density at radius 3 is 2.53 bits per heavy atom. The van der Waals surface area contributed by atoms with E-state index in [0.717, 1.165) is 31.7 Å². The van der Waals surface area contributed by atoms with E-state index in [-0.39, 0.29) is 6.61 Å². The molecule has 1 aromatic carbocycles. The molecule has 0 saturated carbocycles. The summed E-state index contributed by atoms with van der Waals surface area (Å²) in [5.41, 5.74) is 2.46. The van der Waals surface area contributed by atoms with Crippen molar-refractivity contribution in [2.75, 3.05) is 18.1 Å². The molecule has 1 heterocycles. The van der Waals surface area contributed by atoms with Crippen LogP contribution in [0.25, 0.3) is 0 Å². The Kier molecular flexibility index (Phi) is 5.04. The van der Waals surface area contributed by atoms with Crippen LogP contribution < -0.4 is 4.90 Å². The number of hydrogen-bond donors (Lipinski definition) is 1. The Morgan fingerprint density at radius 2 is 1.89 bits per heavy atom. The molecular formula is C16H21NO2. The first-order valence-corrected chi connectivity index (χ1v) is 6.74. The van der Waals surface area contributed by atoms with Crippen molar-refractivity contribution in [3.8, 4) is 0 Å². The number of furan rings is 1. The van der Waals surface area contributed by atoms with Crippen LogP contribution in [0.4, 0.5) is 5.69 Å². The van der Waals surface area contributed by atoms with E-state index in [2.05, 4.69) is 36.1 Å². The second kappa shape index (κ2) is 7.00. The van der Waals surface area contributed by atoms with Gasteiger partial charge in [-0.3, -0.25) is 0 Å². The molecule has 0 aliphatic heterocycles. The first-order valence-electron chi connectivity index (χ1n) is 6.74. The third-order valence-electron chi connectivity index (χ3n) is 3.16. The Labute approximate surface area is 114 Å². The van der Waals surface area contributed by atoms with Crippen molar-refractivity contribution < 1.29 is 9.52 Å². The Morgan fingerprint density at radius 1 is 1.11 bits per heavy atom. The first kappa shape index (κ1) is 13.7. The number of aryl methyl sites for hydroxylation is 1. The number of aliphatic hydroxyl groups excluding tert-OH is 1. The molecule has 2 rings (SSSR count). The molecule has 1 N–H and O–H groups in total. The van der Waals surface area contributed by atoms with Gasteiger partial charge in [-0.1, -0.05) is 17.7 Å². The zero-order valence-corrected chi connectivity index (χ0v) is 11.4. The minimum atomic E-state index is 0.252. The number of aliphatic hydroxyl groups is 1. The molecule has 1 aromatic heterocycles. The number of benzene rings is 1. The lowest BCUT2D eigenvalue weighted by molar-refractivity contribution is 0.285. The van der Waals surface area contributed by atoms with Crippen molar-refractivity contribution in [2.45, 2.75) is 26.3 Å². The summed E-state index contributed by atoms with van der Waals surface area (Å²) in [5, 5.41) is 8.91. The Balaban J connectivity index is 2.06. The number of rotatable bonds is 7. The highest BCUT2D eigenvalue weighted by molar-refractivity contribution is 5.47. The van der Waals surface area contributed by atoms with Gasteiger partial charge in [-0.15, -0.1) is 0 Å². The third-order valence-corrected chi connectivity index (χ3v) is 3.16. The SMILES string of the molecule is Cc1ccc(N(CCCCO)Cc2ccco2)cc1. The molecule has 102 valence electrons. The molecular weight excluding hydrogens is 238 g/mol. The summed E-state index contributed by atoms with van der Waals surface area (Å²) >= 11 is 0. The van der Waals surface area contributed by atoms with Crippen LogP contribution in [0.15, 0.2) is 47.1 Å². The second-order valence-corrected chi connectivity index (χ2v) is 4.77. The zero-order valence-electron chi connectivity index (χ0n) is 11.4.